The van der Waals surface area contributed by atoms with Crippen molar-refractivity contribution in [3.05, 3.63) is 46.0 Å². The average Bonchev–Trinajstić information content (AvgIpc) is 2.80. The Labute approximate surface area is 135 Å². The van der Waals surface area contributed by atoms with Crippen molar-refractivity contribution < 1.29 is 14.8 Å². The molecule has 22 heavy (non-hydrogen) atoms. The Balaban J connectivity index is 0.00000242. The molecule has 1 saturated heterocycles. The third-order valence-corrected chi connectivity index (χ3v) is 4.10. The number of hydrogen-bond acceptors (Lipinski definition) is 4. The number of nitro groups is 1. The van der Waals surface area contributed by atoms with Crippen LogP contribution in [0.3, 0.4) is 0 Å². The third-order valence-electron chi connectivity index (χ3n) is 4.10. The summed E-state index contributed by atoms with van der Waals surface area (Å²) in [5, 5.41) is 24.0. The van der Waals surface area contributed by atoms with Crippen molar-refractivity contribution in [3.63, 3.8) is 0 Å². The van der Waals surface area contributed by atoms with Crippen molar-refractivity contribution >= 4 is 18.4 Å². The quantitative estimate of drug-likeness (QED) is 0.657. The van der Waals surface area contributed by atoms with E-state index in [0.717, 1.165) is 5.56 Å². The first-order valence-corrected chi connectivity index (χ1v) is 6.91. The number of carboxylic acid groups (broad SMARTS) is 1. The van der Waals surface area contributed by atoms with Gasteiger partial charge in [-0.15, -0.1) is 12.4 Å². The van der Waals surface area contributed by atoms with Crippen molar-refractivity contribution in [1.29, 1.82) is 0 Å². The van der Waals surface area contributed by atoms with Crippen LogP contribution < -0.4 is 5.32 Å². The minimum absolute atomic E-state index is 0. The molecular formula is C15H21ClN2O4. The summed E-state index contributed by atoms with van der Waals surface area (Å²) >= 11 is 0. The molecule has 1 aliphatic rings. The zero-order chi connectivity index (χ0) is 15.8. The summed E-state index contributed by atoms with van der Waals surface area (Å²) in [4.78, 5) is 22.8. The van der Waals surface area contributed by atoms with Crippen LogP contribution in [0.2, 0.25) is 0 Å². The second-order valence-corrected chi connectivity index (χ2v) is 6.54. The van der Waals surface area contributed by atoms with E-state index in [4.69, 9.17) is 0 Å². The maximum atomic E-state index is 11.6. The summed E-state index contributed by atoms with van der Waals surface area (Å²) in [5.74, 6) is -1.63. The zero-order valence-corrected chi connectivity index (χ0v) is 13.5. The van der Waals surface area contributed by atoms with Gasteiger partial charge in [0.05, 0.1) is 5.92 Å². The monoisotopic (exact) mass is 328 g/mol. The molecule has 122 valence electrons. The highest BCUT2D eigenvalue weighted by molar-refractivity contribution is 5.85. The van der Waals surface area contributed by atoms with Gasteiger partial charge in [0, 0.05) is 4.92 Å². The Bertz CT molecular complexity index is 544. The number of hydrogen-bond donors (Lipinski definition) is 2. The number of nitrogens with one attached hydrogen (secondary N) is 1. The van der Waals surface area contributed by atoms with Crippen LogP contribution in [-0.2, 0) is 4.79 Å². The van der Waals surface area contributed by atoms with E-state index in [9.17, 15) is 20.0 Å². The van der Waals surface area contributed by atoms with Gasteiger partial charge < -0.3 is 5.11 Å². The molecule has 4 atom stereocenters. The van der Waals surface area contributed by atoms with E-state index in [1.165, 1.54) is 0 Å². The Hall–Kier alpha value is -1.66. The molecule has 7 heteroatoms. The Morgan fingerprint density at radius 2 is 1.82 bits per heavy atom. The van der Waals surface area contributed by atoms with Gasteiger partial charge in [-0.3, -0.25) is 20.2 Å². The van der Waals surface area contributed by atoms with E-state index in [0.29, 0.717) is 0 Å². The second kappa shape index (κ2) is 6.62. The molecule has 0 spiro atoms. The molecule has 0 aromatic heterocycles. The molecule has 0 radical (unpaired) electrons. The molecule has 0 saturated carbocycles. The first kappa shape index (κ1) is 18.4. The van der Waals surface area contributed by atoms with E-state index in [1.54, 1.807) is 24.3 Å². The summed E-state index contributed by atoms with van der Waals surface area (Å²) < 4.78 is 0. The lowest BCUT2D eigenvalue weighted by Gasteiger charge is -2.30. The predicted octanol–water partition coefficient (Wildman–Crippen LogP) is 2.51. The Kier molecular flexibility index (Phi) is 5.54. The standard InChI is InChI=1S/C15H20N2O4.ClH/c1-15(2,3)10-12(14(18)19)16-11(13(10)17(20)21)9-7-5-4-6-8-9;/h4-8,10-13,16H,1-3H3,(H,18,19);1H. The molecule has 1 aliphatic heterocycles. The fourth-order valence-electron chi connectivity index (χ4n) is 3.24. The van der Waals surface area contributed by atoms with Gasteiger partial charge in [0.25, 0.3) is 0 Å². The van der Waals surface area contributed by atoms with Gasteiger partial charge in [-0.05, 0) is 11.0 Å². The molecule has 0 amide bonds. The van der Waals surface area contributed by atoms with E-state index in [1.807, 2.05) is 26.8 Å². The molecule has 1 fully saturated rings. The van der Waals surface area contributed by atoms with Gasteiger partial charge in [-0.2, -0.15) is 0 Å². The van der Waals surface area contributed by atoms with Crippen LogP contribution in [0.1, 0.15) is 32.4 Å². The highest BCUT2D eigenvalue weighted by Crippen LogP contribution is 2.43. The summed E-state index contributed by atoms with van der Waals surface area (Å²) in [5.41, 5.74) is 0.259. The smallest absolute Gasteiger partial charge is 0.321 e. The lowest BCUT2D eigenvalue weighted by Crippen LogP contribution is -2.44. The van der Waals surface area contributed by atoms with Crippen LogP contribution in [0.15, 0.2) is 30.3 Å². The van der Waals surface area contributed by atoms with Crippen molar-refractivity contribution in [1.82, 2.24) is 5.32 Å². The fraction of sp³-hybridized carbons (Fsp3) is 0.533. The lowest BCUT2D eigenvalue weighted by atomic mass is 9.73. The highest BCUT2D eigenvalue weighted by atomic mass is 35.5. The number of carboxylic acids is 1. The van der Waals surface area contributed by atoms with E-state index < -0.39 is 35.4 Å². The summed E-state index contributed by atoms with van der Waals surface area (Å²) in [6.07, 6.45) is 0. The predicted molar refractivity (Wildman–Crippen MR) is 84.7 cm³/mol. The molecule has 0 aliphatic carbocycles. The van der Waals surface area contributed by atoms with Gasteiger partial charge >= 0.3 is 5.97 Å². The Morgan fingerprint density at radius 1 is 1.27 bits per heavy atom. The molecule has 0 bridgehead atoms. The number of benzene rings is 1. The molecule has 2 N–H and O–H groups in total. The normalized spacial score (nSPS) is 28.0. The van der Waals surface area contributed by atoms with E-state index in [2.05, 4.69) is 5.32 Å². The van der Waals surface area contributed by atoms with E-state index >= 15 is 0 Å². The second-order valence-electron chi connectivity index (χ2n) is 6.54. The molecule has 1 aromatic carbocycles. The molecule has 4 unspecified atom stereocenters. The number of carbonyl (C=O) groups is 1. The van der Waals surface area contributed by atoms with Crippen molar-refractivity contribution in [3.8, 4) is 0 Å². The minimum atomic E-state index is -1.04. The average molecular weight is 329 g/mol. The van der Waals surface area contributed by atoms with Gasteiger partial charge in [0.1, 0.15) is 12.1 Å². The molecule has 2 rings (SSSR count). The first-order valence-electron chi connectivity index (χ1n) is 6.91. The maximum Gasteiger partial charge on any atom is 0.321 e. The summed E-state index contributed by atoms with van der Waals surface area (Å²) in [6.45, 7) is 5.54. The van der Waals surface area contributed by atoms with Crippen LogP contribution in [0, 0.1) is 21.4 Å². The van der Waals surface area contributed by atoms with E-state index in [-0.39, 0.29) is 17.3 Å². The number of nitrogens with zero attached hydrogens (tertiary/aromatic N) is 1. The first-order chi connectivity index (χ1) is 9.73. The van der Waals surface area contributed by atoms with Crippen LogP contribution in [0.5, 0.6) is 0 Å². The number of rotatable bonds is 3. The summed E-state index contributed by atoms with van der Waals surface area (Å²) in [7, 11) is 0. The number of halogens is 1. The van der Waals surface area contributed by atoms with Crippen molar-refractivity contribution in [2.75, 3.05) is 0 Å². The highest BCUT2D eigenvalue weighted by Gasteiger charge is 2.57. The van der Waals surface area contributed by atoms with Crippen molar-refractivity contribution in [2.24, 2.45) is 11.3 Å². The minimum Gasteiger partial charge on any atom is -0.480 e. The zero-order valence-electron chi connectivity index (χ0n) is 12.7. The molecule has 1 aromatic rings. The van der Waals surface area contributed by atoms with Crippen LogP contribution in [-0.4, -0.2) is 28.1 Å². The Morgan fingerprint density at radius 3 is 2.23 bits per heavy atom. The topological polar surface area (TPSA) is 92.5 Å². The fourth-order valence-corrected chi connectivity index (χ4v) is 3.24. The van der Waals surface area contributed by atoms with Gasteiger partial charge in [0.15, 0.2) is 0 Å². The molecule has 6 nitrogen and oxygen atoms in total. The summed E-state index contributed by atoms with van der Waals surface area (Å²) in [6, 6.07) is 6.53. The van der Waals surface area contributed by atoms with Crippen LogP contribution in [0.4, 0.5) is 0 Å². The van der Waals surface area contributed by atoms with Crippen LogP contribution >= 0.6 is 12.4 Å². The number of aliphatic carboxylic acids is 1. The van der Waals surface area contributed by atoms with Crippen molar-refractivity contribution in [2.45, 2.75) is 38.9 Å². The third kappa shape index (κ3) is 3.39. The van der Waals surface area contributed by atoms with Gasteiger partial charge in [-0.1, -0.05) is 51.1 Å². The maximum absolute atomic E-state index is 11.6. The molecular weight excluding hydrogens is 308 g/mol. The van der Waals surface area contributed by atoms with Crippen LogP contribution in [0.25, 0.3) is 0 Å². The largest absolute Gasteiger partial charge is 0.480 e. The molecule has 1 heterocycles. The van der Waals surface area contributed by atoms with Gasteiger partial charge in [0.2, 0.25) is 6.04 Å². The SMILES string of the molecule is CC(C)(C)C1C(C(=O)O)NC(c2ccccc2)C1[N+](=O)[O-].Cl. The van der Waals surface area contributed by atoms with Gasteiger partial charge in [-0.25, -0.2) is 0 Å². The lowest BCUT2D eigenvalue weighted by molar-refractivity contribution is -0.535.